The van der Waals surface area contributed by atoms with Crippen LogP contribution in [0.4, 0.5) is 5.69 Å². The summed E-state index contributed by atoms with van der Waals surface area (Å²) in [5, 5.41) is 4.36. The molecule has 1 heterocycles. The largest absolute Gasteiger partial charge is 0.496 e. The van der Waals surface area contributed by atoms with Gasteiger partial charge >= 0.3 is 0 Å². The zero-order valence-electron chi connectivity index (χ0n) is 23.9. The highest BCUT2D eigenvalue weighted by Crippen LogP contribution is 2.36. The van der Waals surface area contributed by atoms with E-state index in [1.807, 2.05) is 60.4 Å². The fraction of sp³-hybridized carbons (Fsp3) is 0.406. The van der Waals surface area contributed by atoms with Crippen LogP contribution in [0.15, 0.2) is 54.6 Å². The van der Waals surface area contributed by atoms with Crippen LogP contribution in [-0.4, -0.2) is 49.0 Å². The van der Waals surface area contributed by atoms with E-state index in [9.17, 15) is 4.79 Å². The Morgan fingerprint density at radius 1 is 1.05 bits per heavy atom. The fourth-order valence-corrected chi connectivity index (χ4v) is 5.23. The van der Waals surface area contributed by atoms with Crippen LogP contribution in [-0.2, 0) is 6.61 Å². The van der Waals surface area contributed by atoms with Crippen LogP contribution in [0.5, 0.6) is 11.5 Å². The number of carbonyl (C=O) groups is 1. The highest BCUT2D eigenvalue weighted by molar-refractivity contribution is 6.31. The van der Waals surface area contributed by atoms with Gasteiger partial charge in [-0.1, -0.05) is 57.5 Å². The number of hydrogen-bond donors (Lipinski definition) is 1. The number of para-hydroxylation sites is 1. The second-order valence-corrected chi connectivity index (χ2v) is 10.7. The minimum atomic E-state index is -0.309. The van der Waals surface area contributed by atoms with Crippen molar-refractivity contribution >= 4 is 23.2 Å². The van der Waals surface area contributed by atoms with Gasteiger partial charge < -0.3 is 24.6 Å². The topological polar surface area (TPSA) is 54.0 Å². The molecular formula is C32H40ClN3O3. The summed E-state index contributed by atoms with van der Waals surface area (Å²) in [6, 6.07) is 17.8. The number of amides is 1. The minimum Gasteiger partial charge on any atom is -0.496 e. The summed E-state index contributed by atoms with van der Waals surface area (Å²) in [4.78, 5) is 17.9. The van der Waals surface area contributed by atoms with Crippen molar-refractivity contribution in [1.82, 2.24) is 9.80 Å². The van der Waals surface area contributed by atoms with Crippen molar-refractivity contribution in [2.75, 3.05) is 38.6 Å². The van der Waals surface area contributed by atoms with Crippen LogP contribution in [0.3, 0.4) is 0 Å². The highest BCUT2D eigenvalue weighted by atomic mass is 35.5. The third-order valence-corrected chi connectivity index (χ3v) is 7.90. The van der Waals surface area contributed by atoms with E-state index >= 15 is 0 Å². The van der Waals surface area contributed by atoms with Gasteiger partial charge in [-0.2, -0.15) is 0 Å². The first-order valence-corrected chi connectivity index (χ1v) is 14.1. The summed E-state index contributed by atoms with van der Waals surface area (Å²) >= 11 is 6.41. The Morgan fingerprint density at radius 2 is 1.79 bits per heavy atom. The maximum Gasteiger partial charge on any atom is 0.257 e. The lowest BCUT2D eigenvalue weighted by Crippen LogP contribution is -2.46. The van der Waals surface area contributed by atoms with Gasteiger partial charge in [0, 0.05) is 29.4 Å². The Morgan fingerprint density at radius 3 is 2.49 bits per heavy atom. The molecule has 3 aromatic rings. The number of anilines is 1. The Balaban J connectivity index is 1.66. The Kier molecular flexibility index (Phi) is 9.41. The molecule has 4 rings (SSSR count). The predicted molar refractivity (Wildman–Crippen MR) is 159 cm³/mol. The van der Waals surface area contributed by atoms with Gasteiger partial charge in [-0.3, -0.25) is 4.79 Å². The van der Waals surface area contributed by atoms with Crippen molar-refractivity contribution in [2.24, 2.45) is 0 Å². The van der Waals surface area contributed by atoms with Crippen molar-refractivity contribution in [3.63, 3.8) is 0 Å². The van der Waals surface area contributed by atoms with Gasteiger partial charge in [0.05, 0.1) is 12.7 Å². The number of fused-ring (bicyclic) bond motifs is 1. The molecule has 0 aliphatic carbocycles. The first kappa shape index (κ1) is 28.8. The van der Waals surface area contributed by atoms with Crippen molar-refractivity contribution < 1.29 is 14.3 Å². The van der Waals surface area contributed by atoms with Crippen LogP contribution >= 0.6 is 11.6 Å². The molecule has 0 radical (unpaired) electrons. The third kappa shape index (κ3) is 6.34. The van der Waals surface area contributed by atoms with Crippen molar-refractivity contribution in [3.05, 3.63) is 87.4 Å². The third-order valence-electron chi connectivity index (χ3n) is 7.49. The van der Waals surface area contributed by atoms with E-state index in [2.05, 4.69) is 44.0 Å². The number of methoxy groups -OCH3 is 1. The molecule has 0 aromatic heterocycles. The quantitative estimate of drug-likeness (QED) is 0.272. The summed E-state index contributed by atoms with van der Waals surface area (Å²) in [7, 11) is 1.67. The summed E-state index contributed by atoms with van der Waals surface area (Å²) in [5.74, 6) is 1.87. The maximum absolute atomic E-state index is 13.7. The second kappa shape index (κ2) is 12.8. The number of hydrogen-bond acceptors (Lipinski definition) is 5. The van der Waals surface area contributed by atoms with E-state index in [4.69, 9.17) is 21.1 Å². The number of rotatable bonds is 11. The molecule has 0 spiro atoms. The number of likely N-dealkylation sites (N-methyl/N-ethyl adjacent to an activating group) is 1. The number of aryl methyl sites for hydroxylation is 1. The number of ether oxygens (including phenoxy) is 2. The van der Waals surface area contributed by atoms with E-state index in [1.165, 1.54) is 0 Å². The van der Waals surface area contributed by atoms with Crippen LogP contribution in [0.25, 0.3) is 0 Å². The molecule has 0 unspecified atom stereocenters. The van der Waals surface area contributed by atoms with E-state index in [0.717, 1.165) is 64.1 Å². The molecule has 208 valence electrons. The highest BCUT2D eigenvalue weighted by Gasteiger charge is 2.33. The van der Waals surface area contributed by atoms with Crippen LogP contribution in [0, 0.1) is 6.92 Å². The number of carbonyl (C=O) groups excluding carboxylic acids is 1. The summed E-state index contributed by atoms with van der Waals surface area (Å²) in [6.45, 7) is 14.2. The molecule has 3 aromatic carbocycles. The van der Waals surface area contributed by atoms with Gasteiger partial charge in [0.25, 0.3) is 5.91 Å². The SMILES string of the molecule is CCN(CC)CCN1C(=O)c2ccccc2N[C@H]1c1ccc(OC)c(COc2cc(C)c(Cl)cc2C(C)C)c1. The molecule has 0 bridgehead atoms. The average Bonchev–Trinajstić information content (AvgIpc) is 2.94. The first-order chi connectivity index (χ1) is 18.8. The van der Waals surface area contributed by atoms with Crippen LogP contribution in [0.2, 0.25) is 5.02 Å². The normalized spacial score (nSPS) is 14.9. The standard InChI is InChI=1S/C32H40ClN3O3/c1-7-35(8-2)15-16-36-31(34-28-12-10-9-11-25(28)32(36)37)23-13-14-29(38-6)24(18-23)20-39-30-17-22(5)27(33)19-26(30)21(3)4/h9-14,17-19,21,31,34H,7-8,15-16,20H2,1-6H3/t31-/m1/s1. The molecular weight excluding hydrogens is 510 g/mol. The average molecular weight is 550 g/mol. The molecule has 0 saturated heterocycles. The Hall–Kier alpha value is -3.22. The predicted octanol–water partition coefficient (Wildman–Crippen LogP) is 7.27. The molecule has 0 fully saturated rings. The summed E-state index contributed by atoms with van der Waals surface area (Å²) in [5.41, 5.74) is 5.48. The monoisotopic (exact) mass is 549 g/mol. The minimum absolute atomic E-state index is 0.0355. The lowest BCUT2D eigenvalue weighted by atomic mass is 10.00. The summed E-state index contributed by atoms with van der Waals surface area (Å²) < 4.78 is 12.1. The van der Waals surface area contributed by atoms with Crippen molar-refractivity contribution in [2.45, 2.75) is 53.3 Å². The first-order valence-electron chi connectivity index (χ1n) is 13.8. The molecule has 1 atom stereocenters. The van der Waals surface area contributed by atoms with E-state index < -0.39 is 0 Å². The van der Waals surface area contributed by atoms with E-state index in [-0.39, 0.29) is 18.0 Å². The maximum atomic E-state index is 13.7. The van der Waals surface area contributed by atoms with Crippen LogP contribution in [0.1, 0.15) is 72.4 Å². The fourth-order valence-electron chi connectivity index (χ4n) is 5.06. The molecule has 1 aliphatic heterocycles. The van der Waals surface area contributed by atoms with E-state index in [0.29, 0.717) is 18.7 Å². The number of nitrogens with one attached hydrogen (secondary N) is 1. The zero-order chi connectivity index (χ0) is 28.1. The van der Waals surface area contributed by atoms with Crippen molar-refractivity contribution in [3.8, 4) is 11.5 Å². The Bertz CT molecular complexity index is 1310. The molecule has 7 heteroatoms. The Labute approximate surface area is 237 Å². The molecule has 39 heavy (non-hydrogen) atoms. The lowest BCUT2D eigenvalue weighted by molar-refractivity contribution is 0.0660. The molecule has 1 N–H and O–H groups in total. The number of nitrogens with zero attached hydrogens (tertiary/aromatic N) is 2. The van der Waals surface area contributed by atoms with Crippen LogP contribution < -0.4 is 14.8 Å². The summed E-state index contributed by atoms with van der Waals surface area (Å²) in [6.07, 6.45) is -0.309. The lowest BCUT2D eigenvalue weighted by Gasteiger charge is -2.39. The van der Waals surface area contributed by atoms with Gasteiger partial charge in [0.15, 0.2) is 0 Å². The van der Waals surface area contributed by atoms with Gasteiger partial charge in [-0.25, -0.2) is 0 Å². The molecule has 6 nitrogen and oxygen atoms in total. The number of halogens is 1. The van der Waals surface area contributed by atoms with E-state index in [1.54, 1.807) is 7.11 Å². The van der Waals surface area contributed by atoms with Crippen molar-refractivity contribution in [1.29, 1.82) is 0 Å². The molecule has 0 saturated carbocycles. The van der Waals surface area contributed by atoms with Gasteiger partial charge in [-0.05, 0) is 79.0 Å². The van der Waals surface area contributed by atoms with Gasteiger partial charge in [-0.15, -0.1) is 0 Å². The number of benzene rings is 3. The molecule has 1 amide bonds. The second-order valence-electron chi connectivity index (χ2n) is 10.3. The van der Waals surface area contributed by atoms with Gasteiger partial charge in [0.1, 0.15) is 24.3 Å². The molecule has 1 aliphatic rings. The smallest absolute Gasteiger partial charge is 0.257 e. The van der Waals surface area contributed by atoms with Gasteiger partial charge in [0.2, 0.25) is 0 Å². The zero-order valence-corrected chi connectivity index (χ0v) is 24.6.